The van der Waals surface area contributed by atoms with E-state index in [1.807, 2.05) is 49.1 Å². The van der Waals surface area contributed by atoms with Crippen LogP contribution in [0.3, 0.4) is 0 Å². The summed E-state index contributed by atoms with van der Waals surface area (Å²) in [6, 6.07) is 10.7. The molecule has 1 unspecified atom stereocenters. The Bertz CT molecular complexity index is 1200. The van der Waals surface area contributed by atoms with Crippen molar-refractivity contribution in [1.29, 1.82) is 0 Å². The van der Waals surface area contributed by atoms with Gasteiger partial charge in [-0.25, -0.2) is 0 Å². The van der Waals surface area contributed by atoms with Crippen LogP contribution >= 0.6 is 0 Å². The zero-order chi connectivity index (χ0) is 30.2. The summed E-state index contributed by atoms with van der Waals surface area (Å²) in [6.07, 6.45) is -7.89. The minimum absolute atomic E-state index is 0.0132. The molecule has 11 heteroatoms. The summed E-state index contributed by atoms with van der Waals surface area (Å²) in [5, 5.41) is 3.01. The standard InChI is InChI=1S/C30H35F6N3O2/c1-19(2)38-13-14-39(26(40)18-38)25-9-11-28(12-10-25,22-7-5-4-6-8-22)37-27(41)20(3)21-15-23(29(31,32)33)17-24(16-21)30(34,35)36/h4-8,15-17,19-20,25H,9-14,18H2,1-3H3,(H,37,41). The van der Waals surface area contributed by atoms with Crippen LogP contribution in [-0.4, -0.2) is 53.3 Å². The molecule has 2 fully saturated rings. The van der Waals surface area contributed by atoms with E-state index in [0.717, 1.165) is 12.1 Å². The monoisotopic (exact) mass is 583 g/mol. The van der Waals surface area contributed by atoms with Crippen LogP contribution in [0.5, 0.6) is 0 Å². The summed E-state index contributed by atoms with van der Waals surface area (Å²) in [6.45, 7) is 7.14. The van der Waals surface area contributed by atoms with Crippen molar-refractivity contribution in [2.75, 3.05) is 19.6 Å². The summed E-state index contributed by atoms with van der Waals surface area (Å²) in [5.74, 6) is -1.88. The molecular weight excluding hydrogens is 548 g/mol. The van der Waals surface area contributed by atoms with E-state index in [4.69, 9.17) is 0 Å². The largest absolute Gasteiger partial charge is 0.416 e. The van der Waals surface area contributed by atoms with E-state index in [1.54, 1.807) is 0 Å². The van der Waals surface area contributed by atoms with Crippen LogP contribution in [0.4, 0.5) is 26.3 Å². The van der Waals surface area contributed by atoms with Crippen LogP contribution < -0.4 is 5.32 Å². The highest BCUT2D eigenvalue weighted by Gasteiger charge is 2.43. The zero-order valence-electron chi connectivity index (χ0n) is 23.3. The molecule has 0 radical (unpaired) electrons. The summed E-state index contributed by atoms with van der Waals surface area (Å²) in [5.41, 5.74) is -3.35. The van der Waals surface area contributed by atoms with Crippen LogP contribution in [0.2, 0.25) is 0 Å². The molecule has 1 saturated carbocycles. The third kappa shape index (κ3) is 6.88. The molecule has 1 N–H and O–H groups in total. The van der Waals surface area contributed by atoms with Gasteiger partial charge in [0.1, 0.15) is 0 Å². The molecule has 1 atom stereocenters. The first kappa shape index (κ1) is 30.9. The van der Waals surface area contributed by atoms with Gasteiger partial charge in [0.2, 0.25) is 11.8 Å². The number of hydrogen-bond donors (Lipinski definition) is 1. The minimum atomic E-state index is -5.01. The highest BCUT2D eigenvalue weighted by atomic mass is 19.4. The van der Waals surface area contributed by atoms with E-state index >= 15 is 0 Å². The van der Waals surface area contributed by atoms with E-state index in [9.17, 15) is 35.9 Å². The van der Waals surface area contributed by atoms with Gasteiger partial charge in [0.25, 0.3) is 0 Å². The maximum Gasteiger partial charge on any atom is 0.416 e. The fourth-order valence-electron chi connectivity index (χ4n) is 5.91. The highest BCUT2D eigenvalue weighted by Crippen LogP contribution is 2.41. The van der Waals surface area contributed by atoms with Crippen molar-refractivity contribution in [3.63, 3.8) is 0 Å². The lowest BCUT2D eigenvalue weighted by atomic mass is 9.74. The first-order chi connectivity index (χ1) is 19.1. The smallest absolute Gasteiger partial charge is 0.346 e. The molecule has 224 valence electrons. The molecule has 4 rings (SSSR count). The molecule has 5 nitrogen and oxygen atoms in total. The summed E-state index contributed by atoms with van der Waals surface area (Å²) in [4.78, 5) is 30.4. The van der Waals surface area contributed by atoms with Gasteiger partial charge < -0.3 is 10.2 Å². The van der Waals surface area contributed by atoms with Crippen molar-refractivity contribution in [3.8, 4) is 0 Å². The number of hydrogen-bond acceptors (Lipinski definition) is 3. The second-order valence-corrected chi connectivity index (χ2v) is 11.4. The van der Waals surface area contributed by atoms with Crippen LogP contribution in [0, 0.1) is 0 Å². The van der Waals surface area contributed by atoms with E-state index in [1.165, 1.54) is 6.92 Å². The van der Waals surface area contributed by atoms with Crippen LogP contribution in [-0.2, 0) is 27.5 Å². The Balaban J connectivity index is 1.56. The number of alkyl halides is 6. The molecule has 2 aliphatic rings. The Morgan fingerprint density at radius 1 is 0.902 bits per heavy atom. The maximum absolute atomic E-state index is 13.5. The number of benzene rings is 2. The number of halogens is 6. The Morgan fingerprint density at radius 2 is 1.46 bits per heavy atom. The van der Waals surface area contributed by atoms with Gasteiger partial charge in [-0.1, -0.05) is 30.3 Å². The number of carbonyl (C=O) groups excluding carboxylic acids is 2. The second-order valence-electron chi connectivity index (χ2n) is 11.4. The van der Waals surface area contributed by atoms with E-state index in [-0.39, 0.29) is 29.6 Å². The fraction of sp³-hybridized carbons (Fsp3) is 0.533. The van der Waals surface area contributed by atoms with Crippen molar-refractivity contribution in [2.24, 2.45) is 0 Å². The van der Waals surface area contributed by atoms with Gasteiger partial charge >= 0.3 is 12.4 Å². The number of rotatable bonds is 6. The molecule has 0 bridgehead atoms. The Hall–Kier alpha value is -3.08. The molecule has 0 spiro atoms. The van der Waals surface area contributed by atoms with Gasteiger partial charge in [0, 0.05) is 25.2 Å². The average Bonchev–Trinajstić information content (AvgIpc) is 2.92. The molecule has 2 aromatic rings. The normalized spacial score (nSPS) is 23.5. The fourth-order valence-corrected chi connectivity index (χ4v) is 5.91. The highest BCUT2D eigenvalue weighted by molar-refractivity contribution is 5.84. The molecule has 1 saturated heterocycles. The SMILES string of the molecule is CC(C(=O)NC1(c2ccccc2)CCC(N2CCN(C(C)C)CC2=O)CC1)c1cc(C(F)(F)F)cc(C(F)(F)F)c1. The van der Waals surface area contributed by atoms with Gasteiger partial charge in [-0.3, -0.25) is 14.5 Å². The third-order valence-electron chi connectivity index (χ3n) is 8.46. The molecule has 2 amide bonds. The first-order valence-corrected chi connectivity index (χ1v) is 13.8. The molecule has 1 aliphatic heterocycles. The average molecular weight is 584 g/mol. The molecule has 1 aliphatic carbocycles. The van der Waals surface area contributed by atoms with Crippen LogP contribution in [0.25, 0.3) is 0 Å². The molecule has 2 aromatic carbocycles. The Labute approximate surface area is 235 Å². The zero-order valence-corrected chi connectivity index (χ0v) is 23.3. The van der Waals surface area contributed by atoms with Crippen molar-refractivity contribution >= 4 is 11.8 Å². The number of amides is 2. The van der Waals surface area contributed by atoms with Crippen LogP contribution in [0.15, 0.2) is 48.5 Å². The number of nitrogens with one attached hydrogen (secondary N) is 1. The number of carbonyl (C=O) groups is 2. The summed E-state index contributed by atoms with van der Waals surface area (Å²) >= 11 is 0. The molecular formula is C30H35F6N3O2. The Morgan fingerprint density at radius 3 is 1.95 bits per heavy atom. The van der Waals surface area contributed by atoms with Crippen molar-refractivity contribution in [3.05, 3.63) is 70.8 Å². The van der Waals surface area contributed by atoms with Crippen molar-refractivity contribution < 1.29 is 35.9 Å². The molecule has 0 aromatic heterocycles. The van der Waals surface area contributed by atoms with Gasteiger partial charge in [-0.2, -0.15) is 26.3 Å². The van der Waals surface area contributed by atoms with Gasteiger partial charge in [0.05, 0.1) is 29.1 Å². The van der Waals surface area contributed by atoms with Gasteiger partial charge in [0.15, 0.2) is 0 Å². The van der Waals surface area contributed by atoms with E-state index in [0.29, 0.717) is 50.9 Å². The predicted molar refractivity (Wildman–Crippen MR) is 142 cm³/mol. The van der Waals surface area contributed by atoms with E-state index < -0.39 is 40.8 Å². The van der Waals surface area contributed by atoms with Crippen molar-refractivity contribution in [1.82, 2.24) is 15.1 Å². The minimum Gasteiger partial charge on any atom is -0.346 e. The molecule has 41 heavy (non-hydrogen) atoms. The van der Waals surface area contributed by atoms with Crippen molar-refractivity contribution in [2.45, 2.75) is 82.3 Å². The summed E-state index contributed by atoms with van der Waals surface area (Å²) < 4.78 is 80.6. The molecule has 1 heterocycles. The lowest BCUT2D eigenvalue weighted by Crippen LogP contribution is -2.58. The lowest BCUT2D eigenvalue weighted by Gasteiger charge is -2.47. The summed E-state index contributed by atoms with van der Waals surface area (Å²) in [7, 11) is 0. The predicted octanol–water partition coefficient (Wildman–Crippen LogP) is 6.33. The lowest BCUT2D eigenvalue weighted by molar-refractivity contribution is -0.143. The van der Waals surface area contributed by atoms with E-state index in [2.05, 4.69) is 10.2 Å². The topological polar surface area (TPSA) is 52.7 Å². The number of nitrogens with zero attached hydrogens (tertiary/aromatic N) is 2. The third-order valence-corrected chi connectivity index (χ3v) is 8.46. The first-order valence-electron chi connectivity index (χ1n) is 13.8. The van der Waals surface area contributed by atoms with Gasteiger partial charge in [-0.05, 0) is 75.8 Å². The number of piperazine rings is 1. The second kappa shape index (κ2) is 11.7. The quantitative estimate of drug-likeness (QED) is 0.404. The Kier molecular flexibility index (Phi) is 8.78. The van der Waals surface area contributed by atoms with Gasteiger partial charge in [-0.15, -0.1) is 0 Å². The van der Waals surface area contributed by atoms with Crippen LogP contribution in [0.1, 0.15) is 74.6 Å². The maximum atomic E-state index is 13.5.